The SMILES string of the molecule is COc1cc(C(=O)O)ccc1CCNC(=O)CCCc1nc(C)no1. The van der Waals surface area contributed by atoms with Crippen molar-refractivity contribution in [3.63, 3.8) is 0 Å². The van der Waals surface area contributed by atoms with E-state index in [0.717, 1.165) is 5.56 Å². The molecule has 2 aromatic rings. The molecule has 0 aliphatic rings. The highest BCUT2D eigenvalue weighted by atomic mass is 16.5. The third-order valence-electron chi connectivity index (χ3n) is 3.61. The normalized spacial score (nSPS) is 10.5. The van der Waals surface area contributed by atoms with Gasteiger partial charge in [-0.25, -0.2) is 4.79 Å². The molecule has 0 atom stereocenters. The van der Waals surface area contributed by atoms with Gasteiger partial charge in [0, 0.05) is 19.4 Å². The molecule has 0 fully saturated rings. The number of carbonyl (C=O) groups is 2. The van der Waals surface area contributed by atoms with Crippen molar-refractivity contribution < 1.29 is 24.0 Å². The van der Waals surface area contributed by atoms with E-state index in [0.29, 0.717) is 49.7 Å². The maximum absolute atomic E-state index is 11.8. The molecule has 8 nitrogen and oxygen atoms in total. The average Bonchev–Trinajstić information content (AvgIpc) is 3.00. The van der Waals surface area contributed by atoms with Gasteiger partial charge in [0.1, 0.15) is 5.75 Å². The van der Waals surface area contributed by atoms with Crippen LogP contribution in [0.15, 0.2) is 22.7 Å². The van der Waals surface area contributed by atoms with Crippen molar-refractivity contribution in [1.29, 1.82) is 0 Å². The quantitative estimate of drug-likeness (QED) is 0.710. The number of amides is 1. The number of carboxylic acid groups (broad SMARTS) is 1. The molecule has 1 aromatic carbocycles. The highest BCUT2D eigenvalue weighted by molar-refractivity contribution is 5.88. The van der Waals surface area contributed by atoms with Gasteiger partial charge in [-0.05, 0) is 37.5 Å². The molecule has 8 heteroatoms. The zero-order valence-corrected chi connectivity index (χ0v) is 14.2. The van der Waals surface area contributed by atoms with Crippen LogP contribution in [0.1, 0.15) is 40.5 Å². The van der Waals surface area contributed by atoms with Gasteiger partial charge in [0.15, 0.2) is 5.82 Å². The number of aromatic carboxylic acids is 1. The second kappa shape index (κ2) is 8.81. The highest BCUT2D eigenvalue weighted by Gasteiger charge is 2.10. The van der Waals surface area contributed by atoms with Gasteiger partial charge in [-0.3, -0.25) is 4.79 Å². The fourth-order valence-electron chi connectivity index (χ4n) is 2.35. The molecule has 0 aliphatic heterocycles. The number of carbonyl (C=O) groups excluding carboxylic acids is 1. The zero-order valence-electron chi connectivity index (χ0n) is 14.2. The lowest BCUT2D eigenvalue weighted by Crippen LogP contribution is -2.25. The van der Waals surface area contributed by atoms with Crippen molar-refractivity contribution in [2.45, 2.75) is 32.6 Å². The van der Waals surface area contributed by atoms with E-state index in [1.54, 1.807) is 13.0 Å². The number of aryl methyl sites for hydroxylation is 2. The van der Waals surface area contributed by atoms with E-state index in [1.165, 1.54) is 19.2 Å². The number of benzene rings is 1. The van der Waals surface area contributed by atoms with Gasteiger partial charge < -0.3 is 19.7 Å². The monoisotopic (exact) mass is 347 g/mol. The molecular weight excluding hydrogens is 326 g/mol. The first kappa shape index (κ1) is 18.4. The molecule has 0 unspecified atom stereocenters. The van der Waals surface area contributed by atoms with Crippen LogP contribution in [0.4, 0.5) is 0 Å². The summed E-state index contributed by atoms with van der Waals surface area (Å²) in [4.78, 5) is 26.9. The number of rotatable bonds is 9. The van der Waals surface area contributed by atoms with Gasteiger partial charge in [-0.15, -0.1) is 0 Å². The van der Waals surface area contributed by atoms with Crippen LogP contribution >= 0.6 is 0 Å². The van der Waals surface area contributed by atoms with Crippen LogP contribution in [0.25, 0.3) is 0 Å². The predicted molar refractivity (Wildman–Crippen MR) is 88.6 cm³/mol. The van der Waals surface area contributed by atoms with Crippen molar-refractivity contribution in [2.75, 3.05) is 13.7 Å². The third-order valence-corrected chi connectivity index (χ3v) is 3.61. The van der Waals surface area contributed by atoms with Gasteiger partial charge in [-0.1, -0.05) is 11.2 Å². The van der Waals surface area contributed by atoms with Crippen LogP contribution < -0.4 is 10.1 Å². The summed E-state index contributed by atoms with van der Waals surface area (Å²) < 4.78 is 10.2. The second-order valence-electron chi connectivity index (χ2n) is 5.52. The molecule has 2 rings (SSSR count). The Kier molecular flexibility index (Phi) is 6.50. The number of ether oxygens (including phenoxy) is 1. The largest absolute Gasteiger partial charge is 0.496 e. The zero-order chi connectivity index (χ0) is 18.2. The van der Waals surface area contributed by atoms with E-state index in [1.807, 2.05) is 0 Å². The Morgan fingerprint density at radius 1 is 1.32 bits per heavy atom. The summed E-state index contributed by atoms with van der Waals surface area (Å²) in [6.45, 7) is 2.19. The lowest BCUT2D eigenvalue weighted by Gasteiger charge is -2.10. The molecule has 1 heterocycles. The minimum Gasteiger partial charge on any atom is -0.496 e. The molecule has 0 spiro atoms. The number of nitrogens with zero attached hydrogens (tertiary/aromatic N) is 2. The maximum atomic E-state index is 11.8. The van der Waals surface area contributed by atoms with E-state index < -0.39 is 5.97 Å². The number of nitrogens with one attached hydrogen (secondary N) is 1. The van der Waals surface area contributed by atoms with Crippen molar-refractivity contribution in [3.05, 3.63) is 41.0 Å². The molecule has 1 amide bonds. The number of hydrogen-bond donors (Lipinski definition) is 2. The fourth-order valence-corrected chi connectivity index (χ4v) is 2.35. The third kappa shape index (κ3) is 5.59. The Morgan fingerprint density at radius 3 is 2.76 bits per heavy atom. The first-order valence-electron chi connectivity index (χ1n) is 7.95. The van der Waals surface area contributed by atoms with E-state index in [9.17, 15) is 9.59 Å². The minimum absolute atomic E-state index is 0.0580. The lowest BCUT2D eigenvalue weighted by atomic mass is 10.1. The van der Waals surface area contributed by atoms with Crippen molar-refractivity contribution >= 4 is 11.9 Å². The molecular formula is C17H21N3O5. The fraction of sp³-hybridized carbons (Fsp3) is 0.412. The summed E-state index contributed by atoms with van der Waals surface area (Å²) >= 11 is 0. The Hall–Kier alpha value is -2.90. The summed E-state index contributed by atoms with van der Waals surface area (Å²) in [5, 5.41) is 15.5. The average molecular weight is 347 g/mol. The molecule has 0 radical (unpaired) electrons. The number of carboxylic acids is 1. The Balaban J connectivity index is 1.74. The molecule has 0 saturated heterocycles. The van der Waals surface area contributed by atoms with E-state index in [4.69, 9.17) is 14.4 Å². The van der Waals surface area contributed by atoms with Gasteiger partial charge in [-0.2, -0.15) is 4.98 Å². The topological polar surface area (TPSA) is 115 Å². The predicted octanol–water partition coefficient (Wildman–Crippen LogP) is 1.77. The van der Waals surface area contributed by atoms with E-state index in [-0.39, 0.29) is 11.5 Å². The van der Waals surface area contributed by atoms with Crippen LogP contribution in [0.3, 0.4) is 0 Å². The molecule has 2 N–H and O–H groups in total. The summed E-state index contributed by atoms with van der Waals surface area (Å²) in [6, 6.07) is 4.70. The van der Waals surface area contributed by atoms with Gasteiger partial charge in [0.2, 0.25) is 11.8 Å². The van der Waals surface area contributed by atoms with Gasteiger partial charge in [0.05, 0.1) is 12.7 Å². The summed E-state index contributed by atoms with van der Waals surface area (Å²) in [5.74, 6) is 0.559. The minimum atomic E-state index is -1.01. The number of hydrogen-bond acceptors (Lipinski definition) is 6. The molecule has 0 aliphatic carbocycles. The molecule has 25 heavy (non-hydrogen) atoms. The summed E-state index contributed by atoms with van der Waals surface area (Å²) in [6.07, 6.45) is 2.12. The van der Waals surface area contributed by atoms with Crippen LogP contribution in [0, 0.1) is 6.92 Å². The number of methoxy groups -OCH3 is 1. The van der Waals surface area contributed by atoms with E-state index >= 15 is 0 Å². The van der Waals surface area contributed by atoms with Crippen LogP contribution in [0.2, 0.25) is 0 Å². The van der Waals surface area contributed by atoms with Crippen LogP contribution in [0.5, 0.6) is 5.75 Å². The van der Waals surface area contributed by atoms with Crippen LogP contribution in [-0.4, -0.2) is 40.8 Å². The molecule has 0 saturated carbocycles. The second-order valence-corrected chi connectivity index (χ2v) is 5.52. The lowest BCUT2D eigenvalue weighted by molar-refractivity contribution is -0.121. The Morgan fingerprint density at radius 2 is 2.12 bits per heavy atom. The van der Waals surface area contributed by atoms with Gasteiger partial charge >= 0.3 is 5.97 Å². The molecule has 1 aromatic heterocycles. The van der Waals surface area contributed by atoms with Gasteiger partial charge in [0.25, 0.3) is 0 Å². The molecule has 134 valence electrons. The van der Waals surface area contributed by atoms with Crippen LogP contribution in [-0.2, 0) is 17.6 Å². The van der Waals surface area contributed by atoms with Crippen molar-refractivity contribution in [3.8, 4) is 5.75 Å². The Labute approximate surface area is 145 Å². The van der Waals surface area contributed by atoms with Crippen molar-refractivity contribution in [2.24, 2.45) is 0 Å². The number of aromatic nitrogens is 2. The molecule has 0 bridgehead atoms. The first-order valence-corrected chi connectivity index (χ1v) is 7.95. The standard InChI is InChI=1S/C17H21N3O5/c1-11-19-16(25-20-11)5-3-4-15(21)18-9-8-12-6-7-13(17(22)23)10-14(12)24-2/h6-7,10H,3-5,8-9H2,1-2H3,(H,18,21)(H,22,23). The Bertz CT molecular complexity index is 742. The maximum Gasteiger partial charge on any atom is 0.335 e. The summed E-state index contributed by atoms with van der Waals surface area (Å²) in [5.41, 5.74) is 1.01. The van der Waals surface area contributed by atoms with E-state index in [2.05, 4.69) is 15.5 Å². The highest BCUT2D eigenvalue weighted by Crippen LogP contribution is 2.20. The van der Waals surface area contributed by atoms with Crippen molar-refractivity contribution in [1.82, 2.24) is 15.5 Å². The smallest absolute Gasteiger partial charge is 0.335 e. The first-order chi connectivity index (χ1) is 12.0. The summed E-state index contributed by atoms with van der Waals surface area (Å²) in [7, 11) is 1.49.